The lowest BCUT2D eigenvalue weighted by molar-refractivity contribution is 0.183. The summed E-state index contributed by atoms with van der Waals surface area (Å²) in [7, 11) is -3.46. The van der Waals surface area contributed by atoms with Gasteiger partial charge in [0.25, 0.3) is 0 Å². The molecule has 136 valence electrons. The van der Waals surface area contributed by atoms with E-state index in [9.17, 15) is 8.42 Å². The second-order valence-electron chi connectivity index (χ2n) is 6.30. The van der Waals surface area contributed by atoms with Crippen LogP contribution < -0.4 is 4.72 Å². The highest BCUT2D eigenvalue weighted by Crippen LogP contribution is 2.30. The minimum atomic E-state index is -3.46. The summed E-state index contributed by atoms with van der Waals surface area (Å²) in [6, 6.07) is 16.1. The molecule has 0 amide bonds. The number of fused-ring (bicyclic) bond motifs is 1. The number of sulfonamides is 1. The van der Waals surface area contributed by atoms with E-state index in [0.29, 0.717) is 10.8 Å². The van der Waals surface area contributed by atoms with E-state index in [2.05, 4.69) is 40.0 Å². The molecular formula is C19H20N2O2S3. The van der Waals surface area contributed by atoms with Gasteiger partial charge < -0.3 is 0 Å². The van der Waals surface area contributed by atoms with E-state index in [1.165, 1.54) is 27.3 Å². The van der Waals surface area contributed by atoms with Crippen molar-refractivity contribution in [2.24, 2.45) is 0 Å². The monoisotopic (exact) mass is 404 g/mol. The van der Waals surface area contributed by atoms with Crippen LogP contribution >= 0.6 is 22.7 Å². The van der Waals surface area contributed by atoms with Crippen LogP contribution in [-0.4, -0.2) is 26.4 Å². The van der Waals surface area contributed by atoms with Crippen molar-refractivity contribution >= 4 is 32.7 Å². The summed E-state index contributed by atoms with van der Waals surface area (Å²) in [5, 5.41) is 3.83. The minimum Gasteiger partial charge on any atom is -0.290 e. The molecule has 0 radical (unpaired) electrons. The zero-order valence-corrected chi connectivity index (χ0v) is 16.6. The standard InChI is InChI=1S/C19H20N2O2S3/c22-26(23,19-8-4-12-25-19)20-13-17(18-7-3-11-24-18)21-10-9-15-5-1-2-6-16(15)14-21/h1-8,11-12,17,20H,9-10,13-14H2/t17-/m1/s1. The van der Waals surface area contributed by atoms with Crippen molar-refractivity contribution in [3.05, 3.63) is 75.3 Å². The van der Waals surface area contributed by atoms with E-state index in [1.807, 2.05) is 11.4 Å². The second kappa shape index (κ2) is 7.62. The number of rotatable bonds is 6. The fourth-order valence-electron chi connectivity index (χ4n) is 3.35. The third-order valence-corrected chi connectivity index (χ3v) is 8.49. The lowest BCUT2D eigenvalue weighted by atomic mass is 9.98. The summed E-state index contributed by atoms with van der Waals surface area (Å²) in [6.07, 6.45) is 0.996. The van der Waals surface area contributed by atoms with Gasteiger partial charge in [-0.05, 0) is 40.4 Å². The summed E-state index contributed by atoms with van der Waals surface area (Å²) in [5.74, 6) is 0. The van der Waals surface area contributed by atoms with Crippen LogP contribution in [0.1, 0.15) is 22.0 Å². The molecule has 3 heterocycles. The predicted octanol–water partition coefficient (Wildman–Crippen LogP) is 3.89. The number of hydrogen-bond donors (Lipinski definition) is 1. The molecule has 0 saturated heterocycles. The minimum absolute atomic E-state index is 0.0399. The lowest BCUT2D eigenvalue weighted by Crippen LogP contribution is -2.40. The third kappa shape index (κ3) is 3.77. The molecule has 26 heavy (non-hydrogen) atoms. The highest BCUT2D eigenvalue weighted by molar-refractivity contribution is 7.91. The first-order valence-corrected chi connectivity index (χ1v) is 11.7. The van der Waals surface area contributed by atoms with Gasteiger partial charge in [0.05, 0.1) is 6.04 Å². The van der Waals surface area contributed by atoms with Crippen molar-refractivity contribution in [3.8, 4) is 0 Å². The van der Waals surface area contributed by atoms with Crippen LogP contribution in [-0.2, 0) is 23.0 Å². The highest BCUT2D eigenvalue weighted by atomic mass is 32.2. The Morgan fingerprint density at radius 2 is 1.77 bits per heavy atom. The normalized spacial score (nSPS) is 16.3. The quantitative estimate of drug-likeness (QED) is 0.678. The first kappa shape index (κ1) is 17.9. The molecule has 0 spiro atoms. The van der Waals surface area contributed by atoms with Crippen LogP contribution in [0.25, 0.3) is 0 Å². The number of benzene rings is 1. The van der Waals surface area contributed by atoms with Gasteiger partial charge in [0.15, 0.2) is 0 Å². The molecule has 0 saturated carbocycles. The summed E-state index contributed by atoms with van der Waals surface area (Å²) >= 11 is 2.92. The largest absolute Gasteiger partial charge is 0.290 e. The van der Waals surface area contributed by atoms with Gasteiger partial charge >= 0.3 is 0 Å². The van der Waals surface area contributed by atoms with Crippen LogP contribution in [0.4, 0.5) is 0 Å². The molecule has 2 aromatic heterocycles. The Morgan fingerprint density at radius 3 is 2.50 bits per heavy atom. The molecule has 1 aromatic carbocycles. The lowest BCUT2D eigenvalue weighted by Gasteiger charge is -2.35. The average molecular weight is 405 g/mol. The van der Waals surface area contributed by atoms with E-state index in [1.54, 1.807) is 28.8 Å². The second-order valence-corrected chi connectivity index (χ2v) is 10.2. The number of nitrogens with one attached hydrogen (secondary N) is 1. The van der Waals surface area contributed by atoms with Gasteiger partial charge in [-0.25, -0.2) is 13.1 Å². The van der Waals surface area contributed by atoms with Gasteiger partial charge in [0, 0.05) is 24.5 Å². The predicted molar refractivity (Wildman–Crippen MR) is 107 cm³/mol. The molecule has 1 atom stereocenters. The first-order chi connectivity index (χ1) is 12.6. The van der Waals surface area contributed by atoms with Gasteiger partial charge in [-0.15, -0.1) is 22.7 Å². The molecule has 0 bridgehead atoms. The Hall–Kier alpha value is -1.51. The number of hydrogen-bond acceptors (Lipinski definition) is 5. The molecule has 7 heteroatoms. The fraction of sp³-hybridized carbons (Fsp3) is 0.263. The third-order valence-electron chi connectivity index (χ3n) is 4.70. The molecule has 1 aliphatic heterocycles. The fourth-order valence-corrected chi connectivity index (χ4v) is 6.29. The SMILES string of the molecule is O=S(=O)(NC[C@H](c1cccs1)N1CCc2ccccc2C1)c1cccs1. The molecule has 3 aromatic rings. The Kier molecular flexibility index (Phi) is 5.24. The summed E-state index contributed by atoms with van der Waals surface area (Å²) in [6.45, 7) is 2.16. The van der Waals surface area contributed by atoms with Crippen LogP contribution in [0.15, 0.2) is 63.5 Å². The van der Waals surface area contributed by atoms with Crippen molar-refractivity contribution in [3.63, 3.8) is 0 Å². The Balaban J connectivity index is 1.55. The molecule has 0 aliphatic carbocycles. The van der Waals surface area contributed by atoms with Crippen molar-refractivity contribution in [2.75, 3.05) is 13.1 Å². The number of thiophene rings is 2. The van der Waals surface area contributed by atoms with Gasteiger partial charge in [0.2, 0.25) is 10.0 Å². The van der Waals surface area contributed by atoms with Crippen LogP contribution in [0.2, 0.25) is 0 Å². The van der Waals surface area contributed by atoms with Crippen molar-refractivity contribution in [1.82, 2.24) is 9.62 Å². The zero-order chi connectivity index (χ0) is 18.0. The molecule has 1 N–H and O–H groups in total. The first-order valence-electron chi connectivity index (χ1n) is 8.51. The maximum absolute atomic E-state index is 12.5. The van der Waals surface area contributed by atoms with E-state index in [-0.39, 0.29) is 6.04 Å². The van der Waals surface area contributed by atoms with Crippen LogP contribution in [0, 0.1) is 0 Å². The summed E-state index contributed by atoms with van der Waals surface area (Å²) < 4.78 is 28.3. The maximum atomic E-state index is 12.5. The number of nitrogens with zero attached hydrogens (tertiary/aromatic N) is 1. The van der Waals surface area contributed by atoms with Gasteiger partial charge in [-0.3, -0.25) is 4.90 Å². The molecule has 4 nitrogen and oxygen atoms in total. The van der Waals surface area contributed by atoms with Gasteiger partial charge in [0.1, 0.15) is 4.21 Å². The molecule has 1 aliphatic rings. The summed E-state index contributed by atoms with van der Waals surface area (Å²) in [5.41, 5.74) is 2.73. The van der Waals surface area contributed by atoms with Crippen molar-refractivity contribution < 1.29 is 8.42 Å². The Morgan fingerprint density at radius 1 is 1.00 bits per heavy atom. The van der Waals surface area contributed by atoms with E-state index in [0.717, 1.165) is 19.5 Å². The average Bonchev–Trinajstić information content (AvgIpc) is 3.36. The summed E-state index contributed by atoms with van der Waals surface area (Å²) in [4.78, 5) is 3.57. The molecule has 0 fully saturated rings. The van der Waals surface area contributed by atoms with E-state index in [4.69, 9.17) is 0 Å². The van der Waals surface area contributed by atoms with Gasteiger partial charge in [-0.2, -0.15) is 0 Å². The molecule has 0 unspecified atom stereocenters. The maximum Gasteiger partial charge on any atom is 0.250 e. The van der Waals surface area contributed by atoms with E-state index >= 15 is 0 Å². The van der Waals surface area contributed by atoms with Crippen molar-refractivity contribution in [2.45, 2.75) is 23.2 Å². The van der Waals surface area contributed by atoms with Gasteiger partial charge in [-0.1, -0.05) is 36.4 Å². The molecular weight excluding hydrogens is 384 g/mol. The van der Waals surface area contributed by atoms with Crippen LogP contribution in [0.5, 0.6) is 0 Å². The molecule has 4 rings (SSSR count). The zero-order valence-electron chi connectivity index (χ0n) is 14.2. The van der Waals surface area contributed by atoms with E-state index < -0.39 is 10.0 Å². The Bertz CT molecular complexity index is 951. The topological polar surface area (TPSA) is 49.4 Å². The Labute approximate surface area is 162 Å². The van der Waals surface area contributed by atoms with Crippen LogP contribution in [0.3, 0.4) is 0 Å². The highest BCUT2D eigenvalue weighted by Gasteiger charge is 2.27. The van der Waals surface area contributed by atoms with Crippen molar-refractivity contribution in [1.29, 1.82) is 0 Å². The smallest absolute Gasteiger partial charge is 0.250 e.